The highest BCUT2D eigenvalue weighted by Gasteiger charge is 2.51. The van der Waals surface area contributed by atoms with Crippen LogP contribution in [0.4, 0.5) is 0 Å². The maximum Gasteiger partial charge on any atom is 0.264 e. The van der Waals surface area contributed by atoms with Gasteiger partial charge in [-0.2, -0.15) is 0 Å². The van der Waals surface area contributed by atoms with Crippen LogP contribution in [0, 0.1) is 0 Å². The fraction of sp³-hybridized carbons (Fsp3) is 0.208. The number of rotatable bonds is 7. The SMILES string of the molecule is O=C(NCc1ccccn1)C1(O)CCN(Cc2cccc(Oc3ccccc3)c2)C1=O. The summed E-state index contributed by atoms with van der Waals surface area (Å²) < 4.78 is 5.84. The van der Waals surface area contributed by atoms with E-state index >= 15 is 0 Å². The smallest absolute Gasteiger partial charge is 0.264 e. The maximum absolute atomic E-state index is 12.8. The first-order chi connectivity index (χ1) is 15.0. The molecule has 0 bridgehead atoms. The van der Waals surface area contributed by atoms with Crippen molar-refractivity contribution in [2.24, 2.45) is 0 Å². The molecule has 2 aromatic carbocycles. The van der Waals surface area contributed by atoms with Gasteiger partial charge in [-0.1, -0.05) is 36.4 Å². The van der Waals surface area contributed by atoms with E-state index in [0.29, 0.717) is 11.4 Å². The fourth-order valence-corrected chi connectivity index (χ4v) is 3.50. The maximum atomic E-state index is 12.8. The third-order valence-electron chi connectivity index (χ3n) is 5.17. The zero-order valence-electron chi connectivity index (χ0n) is 16.9. The summed E-state index contributed by atoms with van der Waals surface area (Å²) in [6.45, 7) is 0.713. The monoisotopic (exact) mass is 417 g/mol. The van der Waals surface area contributed by atoms with Gasteiger partial charge in [0.2, 0.25) is 5.60 Å². The Kier molecular flexibility index (Phi) is 5.95. The van der Waals surface area contributed by atoms with E-state index in [1.54, 1.807) is 24.4 Å². The van der Waals surface area contributed by atoms with Gasteiger partial charge in [-0.05, 0) is 42.0 Å². The van der Waals surface area contributed by atoms with Gasteiger partial charge < -0.3 is 20.1 Å². The number of nitrogens with one attached hydrogen (secondary N) is 1. The van der Waals surface area contributed by atoms with E-state index in [1.807, 2.05) is 54.6 Å². The second-order valence-corrected chi connectivity index (χ2v) is 7.40. The summed E-state index contributed by atoms with van der Waals surface area (Å²) in [4.78, 5) is 31.0. The van der Waals surface area contributed by atoms with Gasteiger partial charge in [0.1, 0.15) is 11.5 Å². The Morgan fingerprint density at radius 2 is 1.84 bits per heavy atom. The number of para-hydroxylation sites is 1. The van der Waals surface area contributed by atoms with E-state index in [0.717, 1.165) is 11.3 Å². The molecule has 2 amide bonds. The molecule has 1 unspecified atom stereocenters. The van der Waals surface area contributed by atoms with Crippen molar-refractivity contribution in [1.82, 2.24) is 15.2 Å². The van der Waals surface area contributed by atoms with Crippen molar-refractivity contribution in [3.8, 4) is 11.5 Å². The third-order valence-corrected chi connectivity index (χ3v) is 5.17. The molecule has 3 aromatic rings. The number of aliphatic hydroxyl groups is 1. The molecule has 1 aliphatic heterocycles. The summed E-state index contributed by atoms with van der Waals surface area (Å²) >= 11 is 0. The van der Waals surface area contributed by atoms with Crippen LogP contribution in [0.25, 0.3) is 0 Å². The predicted octanol–water partition coefficient (Wildman–Crippen LogP) is 2.65. The van der Waals surface area contributed by atoms with Crippen LogP contribution in [-0.4, -0.2) is 39.0 Å². The summed E-state index contributed by atoms with van der Waals surface area (Å²) in [6, 6.07) is 22.2. The number of carbonyl (C=O) groups excluding carboxylic acids is 2. The first kappa shape index (κ1) is 20.6. The molecule has 2 heterocycles. The standard InChI is InChI=1S/C24H23N3O4/c28-22(26-16-19-8-4-5-13-25-19)24(30)12-14-27(23(24)29)17-18-7-6-11-21(15-18)31-20-9-2-1-3-10-20/h1-11,13,15,30H,12,14,16-17H2,(H,26,28). The number of likely N-dealkylation sites (tertiary alicyclic amines) is 1. The van der Waals surface area contributed by atoms with E-state index in [-0.39, 0.29) is 26.1 Å². The van der Waals surface area contributed by atoms with Crippen LogP contribution >= 0.6 is 0 Å². The van der Waals surface area contributed by atoms with Crippen molar-refractivity contribution < 1.29 is 19.4 Å². The largest absolute Gasteiger partial charge is 0.457 e. The molecule has 7 heteroatoms. The molecule has 31 heavy (non-hydrogen) atoms. The van der Waals surface area contributed by atoms with Gasteiger partial charge in [-0.15, -0.1) is 0 Å². The minimum Gasteiger partial charge on any atom is -0.457 e. The number of hydrogen-bond donors (Lipinski definition) is 2. The molecular formula is C24H23N3O4. The van der Waals surface area contributed by atoms with Gasteiger partial charge in [0.05, 0.1) is 12.2 Å². The van der Waals surface area contributed by atoms with Crippen LogP contribution in [0.1, 0.15) is 17.7 Å². The van der Waals surface area contributed by atoms with Crippen molar-refractivity contribution in [2.45, 2.75) is 25.1 Å². The van der Waals surface area contributed by atoms with Crippen molar-refractivity contribution in [2.75, 3.05) is 6.54 Å². The summed E-state index contributed by atoms with van der Waals surface area (Å²) in [5.41, 5.74) is -0.565. The van der Waals surface area contributed by atoms with Crippen LogP contribution in [-0.2, 0) is 22.7 Å². The Balaban J connectivity index is 1.38. The van der Waals surface area contributed by atoms with Gasteiger partial charge in [0, 0.05) is 25.7 Å². The van der Waals surface area contributed by atoms with Gasteiger partial charge in [-0.25, -0.2) is 0 Å². The molecular weight excluding hydrogens is 394 g/mol. The van der Waals surface area contributed by atoms with Crippen LogP contribution in [0.2, 0.25) is 0 Å². The number of carbonyl (C=O) groups is 2. The molecule has 1 atom stereocenters. The molecule has 1 aromatic heterocycles. The molecule has 0 saturated carbocycles. The molecule has 0 aliphatic carbocycles. The molecule has 7 nitrogen and oxygen atoms in total. The Labute approximate surface area is 180 Å². The fourth-order valence-electron chi connectivity index (χ4n) is 3.50. The average molecular weight is 417 g/mol. The van der Waals surface area contributed by atoms with Gasteiger partial charge in [0.25, 0.3) is 11.8 Å². The second-order valence-electron chi connectivity index (χ2n) is 7.40. The van der Waals surface area contributed by atoms with E-state index in [1.165, 1.54) is 4.90 Å². The summed E-state index contributed by atoms with van der Waals surface area (Å²) in [7, 11) is 0. The lowest BCUT2D eigenvalue weighted by atomic mass is 10.0. The van der Waals surface area contributed by atoms with E-state index < -0.39 is 17.4 Å². The van der Waals surface area contributed by atoms with Crippen LogP contribution in [0.5, 0.6) is 11.5 Å². The zero-order chi connectivity index (χ0) is 21.7. The highest BCUT2D eigenvalue weighted by Crippen LogP contribution is 2.27. The molecule has 1 saturated heterocycles. The topological polar surface area (TPSA) is 91.8 Å². The average Bonchev–Trinajstić information content (AvgIpc) is 3.09. The molecule has 158 valence electrons. The number of benzene rings is 2. The third kappa shape index (κ3) is 4.73. The lowest BCUT2D eigenvalue weighted by Gasteiger charge is -2.22. The number of nitrogens with zero attached hydrogens (tertiary/aromatic N) is 2. The number of amides is 2. The van der Waals surface area contributed by atoms with Crippen molar-refractivity contribution in [3.63, 3.8) is 0 Å². The molecule has 0 spiro atoms. The quantitative estimate of drug-likeness (QED) is 0.577. The first-order valence-corrected chi connectivity index (χ1v) is 10.1. The molecule has 4 rings (SSSR count). The number of aromatic nitrogens is 1. The summed E-state index contributed by atoms with van der Waals surface area (Å²) in [5.74, 6) is 0.0711. The Morgan fingerprint density at radius 3 is 2.61 bits per heavy atom. The lowest BCUT2D eigenvalue weighted by molar-refractivity contribution is -0.154. The molecule has 1 fully saturated rings. The van der Waals surface area contributed by atoms with E-state index in [2.05, 4.69) is 10.3 Å². The van der Waals surface area contributed by atoms with Gasteiger partial charge in [0.15, 0.2) is 0 Å². The number of hydrogen-bond acceptors (Lipinski definition) is 5. The van der Waals surface area contributed by atoms with Crippen LogP contribution in [0.15, 0.2) is 79.0 Å². The zero-order valence-corrected chi connectivity index (χ0v) is 16.9. The van der Waals surface area contributed by atoms with Crippen LogP contribution in [0.3, 0.4) is 0 Å². The van der Waals surface area contributed by atoms with E-state index in [9.17, 15) is 14.7 Å². The molecule has 0 radical (unpaired) electrons. The Hall–Kier alpha value is -3.71. The normalized spacial score (nSPS) is 18.1. The summed E-state index contributed by atoms with van der Waals surface area (Å²) in [5, 5.41) is 13.4. The minimum atomic E-state index is -2.06. The lowest BCUT2D eigenvalue weighted by Crippen LogP contribution is -2.52. The van der Waals surface area contributed by atoms with Crippen LogP contribution < -0.4 is 10.1 Å². The van der Waals surface area contributed by atoms with Crippen molar-refractivity contribution in [1.29, 1.82) is 0 Å². The highest BCUT2D eigenvalue weighted by molar-refractivity contribution is 6.09. The summed E-state index contributed by atoms with van der Waals surface area (Å²) in [6.07, 6.45) is 1.66. The Bertz CT molecular complexity index is 1060. The van der Waals surface area contributed by atoms with Crippen molar-refractivity contribution in [3.05, 3.63) is 90.3 Å². The molecule has 1 aliphatic rings. The van der Waals surface area contributed by atoms with Gasteiger partial charge in [-0.3, -0.25) is 14.6 Å². The Morgan fingerprint density at radius 1 is 1.06 bits per heavy atom. The number of ether oxygens (including phenoxy) is 1. The molecule has 2 N–H and O–H groups in total. The van der Waals surface area contributed by atoms with E-state index in [4.69, 9.17) is 4.74 Å². The predicted molar refractivity (Wildman–Crippen MR) is 114 cm³/mol. The van der Waals surface area contributed by atoms with Crippen molar-refractivity contribution >= 4 is 11.8 Å². The van der Waals surface area contributed by atoms with Gasteiger partial charge >= 0.3 is 0 Å². The first-order valence-electron chi connectivity index (χ1n) is 10.1. The number of pyridine rings is 1. The highest BCUT2D eigenvalue weighted by atomic mass is 16.5. The minimum absolute atomic E-state index is 0.0418. The second kappa shape index (κ2) is 8.97.